The highest BCUT2D eigenvalue weighted by atomic mass is 32.2. The lowest BCUT2D eigenvalue weighted by molar-refractivity contribution is 0.0988. The molecule has 3 aromatic rings. The fraction of sp³-hybridized carbons (Fsp3) is 0.333. The summed E-state index contributed by atoms with van der Waals surface area (Å²) < 4.78 is 30.6. The SMILES string of the molecule is CCCn1c(SC(CC)C(=O)c2ccc(OC)cc2)nc2cc(S(N)(=O)=O)ccc21. The van der Waals surface area contributed by atoms with Gasteiger partial charge in [0.15, 0.2) is 10.9 Å². The number of aryl methyl sites for hydroxylation is 1. The molecule has 0 radical (unpaired) electrons. The zero-order valence-electron chi connectivity index (χ0n) is 17.2. The Morgan fingerprint density at radius 1 is 1.20 bits per heavy atom. The minimum atomic E-state index is -3.81. The Morgan fingerprint density at radius 3 is 2.47 bits per heavy atom. The molecule has 0 amide bonds. The summed E-state index contributed by atoms with van der Waals surface area (Å²) in [6.45, 7) is 4.73. The van der Waals surface area contributed by atoms with Crippen molar-refractivity contribution < 1.29 is 17.9 Å². The summed E-state index contributed by atoms with van der Waals surface area (Å²) >= 11 is 1.40. The van der Waals surface area contributed by atoms with Crippen LogP contribution in [0.5, 0.6) is 5.75 Å². The number of methoxy groups -OCH3 is 1. The van der Waals surface area contributed by atoms with Gasteiger partial charge >= 0.3 is 0 Å². The van der Waals surface area contributed by atoms with Crippen LogP contribution in [0.3, 0.4) is 0 Å². The number of hydrogen-bond donors (Lipinski definition) is 1. The summed E-state index contributed by atoms with van der Waals surface area (Å²) in [5.74, 6) is 0.716. The standard InChI is InChI=1S/C21H25N3O4S2/c1-4-12-24-18-11-10-16(30(22,26)27)13-17(18)23-21(24)29-19(5-2)20(25)14-6-8-15(28-3)9-7-14/h6-11,13,19H,4-5,12H2,1-3H3,(H2,22,26,27). The van der Waals surface area contributed by atoms with Gasteiger partial charge in [0.2, 0.25) is 10.0 Å². The third-order valence-corrected chi connectivity index (χ3v) is 7.01. The highest BCUT2D eigenvalue weighted by Gasteiger charge is 2.23. The number of carbonyl (C=O) groups excluding carboxylic acids is 1. The van der Waals surface area contributed by atoms with Gasteiger partial charge in [-0.2, -0.15) is 0 Å². The molecule has 0 spiro atoms. The van der Waals surface area contributed by atoms with Crippen LogP contribution in [0.25, 0.3) is 11.0 Å². The number of fused-ring (bicyclic) bond motifs is 1. The van der Waals surface area contributed by atoms with Crippen molar-refractivity contribution in [3.8, 4) is 5.75 Å². The number of ether oxygens (including phenoxy) is 1. The number of aromatic nitrogens is 2. The molecule has 30 heavy (non-hydrogen) atoms. The zero-order valence-corrected chi connectivity index (χ0v) is 18.8. The molecule has 160 valence electrons. The van der Waals surface area contributed by atoms with E-state index in [9.17, 15) is 13.2 Å². The Labute approximate surface area is 180 Å². The topological polar surface area (TPSA) is 104 Å². The number of Topliss-reactive ketones (excluding diaryl/α,β-unsaturated/α-hetero) is 1. The second-order valence-electron chi connectivity index (χ2n) is 6.85. The second-order valence-corrected chi connectivity index (χ2v) is 9.58. The smallest absolute Gasteiger partial charge is 0.238 e. The normalized spacial score (nSPS) is 12.8. The second kappa shape index (κ2) is 9.20. The molecular formula is C21H25N3O4S2. The molecule has 0 bridgehead atoms. The quantitative estimate of drug-likeness (QED) is 0.395. The van der Waals surface area contributed by atoms with Crippen LogP contribution in [0, 0.1) is 0 Å². The largest absolute Gasteiger partial charge is 0.497 e. The molecule has 2 N–H and O–H groups in total. The van der Waals surface area contributed by atoms with Gasteiger partial charge in [0.1, 0.15) is 5.75 Å². The van der Waals surface area contributed by atoms with Crippen molar-refractivity contribution >= 4 is 38.6 Å². The van der Waals surface area contributed by atoms with Gasteiger partial charge in [-0.1, -0.05) is 25.6 Å². The molecule has 0 saturated heterocycles. The number of hydrogen-bond acceptors (Lipinski definition) is 6. The maximum absolute atomic E-state index is 13.1. The van der Waals surface area contributed by atoms with E-state index in [-0.39, 0.29) is 15.9 Å². The number of nitrogens with two attached hydrogens (primary N) is 1. The summed E-state index contributed by atoms with van der Waals surface area (Å²) in [7, 11) is -2.23. The van der Waals surface area contributed by atoms with E-state index in [0.717, 1.165) is 11.9 Å². The highest BCUT2D eigenvalue weighted by Crippen LogP contribution is 2.32. The van der Waals surface area contributed by atoms with E-state index in [0.29, 0.717) is 35.0 Å². The molecule has 7 nitrogen and oxygen atoms in total. The Hall–Kier alpha value is -2.36. The maximum Gasteiger partial charge on any atom is 0.238 e. The number of imidazole rings is 1. The fourth-order valence-electron chi connectivity index (χ4n) is 3.18. The molecule has 1 atom stereocenters. The molecule has 3 rings (SSSR count). The van der Waals surface area contributed by atoms with E-state index in [2.05, 4.69) is 11.9 Å². The van der Waals surface area contributed by atoms with Gasteiger partial charge in [0.25, 0.3) is 0 Å². The van der Waals surface area contributed by atoms with E-state index < -0.39 is 10.0 Å². The van der Waals surface area contributed by atoms with Crippen LogP contribution in [-0.2, 0) is 16.6 Å². The Morgan fingerprint density at radius 2 is 1.90 bits per heavy atom. The molecule has 0 aliphatic rings. The molecule has 1 aromatic heterocycles. The van der Waals surface area contributed by atoms with Crippen molar-refractivity contribution in [2.45, 2.75) is 48.5 Å². The molecule has 0 aliphatic carbocycles. The first kappa shape index (κ1) is 22.3. The Bertz CT molecular complexity index is 1150. The molecule has 9 heteroatoms. The summed E-state index contributed by atoms with van der Waals surface area (Å²) in [6, 6.07) is 11.7. The summed E-state index contributed by atoms with van der Waals surface area (Å²) in [5.41, 5.74) is 1.98. The lowest BCUT2D eigenvalue weighted by atomic mass is 10.1. The van der Waals surface area contributed by atoms with Crippen LogP contribution in [-0.4, -0.2) is 36.1 Å². The summed E-state index contributed by atoms with van der Waals surface area (Å²) in [6.07, 6.45) is 1.51. The predicted molar refractivity (Wildman–Crippen MR) is 119 cm³/mol. The van der Waals surface area contributed by atoms with E-state index in [4.69, 9.17) is 9.88 Å². The van der Waals surface area contributed by atoms with Gasteiger partial charge in [0.05, 0.1) is 28.3 Å². The van der Waals surface area contributed by atoms with E-state index >= 15 is 0 Å². The highest BCUT2D eigenvalue weighted by molar-refractivity contribution is 8.00. The number of primary sulfonamides is 1. The van der Waals surface area contributed by atoms with Crippen LogP contribution in [0.1, 0.15) is 37.0 Å². The van der Waals surface area contributed by atoms with Crippen molar-refractivity contribution in [3.63, 3.8) is 0 Å². The molecule has 1 heterocycles. The number of rotatable bonds is 9. The first-order chi connectivity index (χ1) is 14.3. The van der Waals surface area contributed by atoms with Crippen molar-refractivity contribution in [2.75, 3.05) is 7.11 Å². The van der Waals surface area contributed by atoms with E-state index in [1.807, 2.05) is 11.5 Å². The zero-order chi connectivity index (χ0) is 21.9. The third-order valence-electron chi connectivity index (χ3n) is 4.75. The average Bonchev–Trinajstić information content (AvgIpc) is 3.07. The number of benzene rings is 2. The first-order valence-corrected chi connectivity index (χ1v) is 12.1. The lowest BCUT2D eigenvalue weighted by Gasteiger charge is -2.15. The van der Waals surface area contributed by atoms with Gasteiger partial charge in [-0.3, -0.25) is 4.79 Å². The van der Waals surface area contributed by atoms with Gasteiger partial charge in [0, 0.05) is 12.1 Å². The van der Waals surface area contributed by atoms with Crippen LogP contribution in [0.2, 0.25) is 0 Å². The van der Waals surface area contributed by atoms with Crippen LogP contribution < -0.4 is 9.88 Å². The van der Waals surface area contributed by atoms with E-state index in [1.165, 1.54) is 23.9 Å². The molecule has 0 aliphatic heterocycles. The minimum absolute atomic E-state index is 0.0190. The molecule has 2 aromatic carbocycles. The van der Waals surface area contributed by atoms with E-state index in [1.54, 1.807) is 37.4 Å². The summed E-state index contributed by atoms with van der Waals surface area (Å²) in [5, 5.41) is 5.63. The van der Waals surface area contributed by atoms with Crippen molar-refractivity contribution in [2.24, 2.45) is 5.14 Å². The predicted octanol–water partition coefficient (Wildman–Crippen LogP) is 3.86. The van der Waals surface area contributed by atoms with Crippen molar-refractivity contribution in [3.05, 3.63) is 48.0 Å². The molecule has 1 unspecified atom stereocenters. The van der Waals surface area contributed by atoms with Crippen LogP contribution in [0.15, 0.2) is 52.5 Å². The van der Waals surface area contributed by atoms with Gasteiger partial charge < -0.3 is 9.30 Å². The third kappa shape index (κ3) is 4.69. The maximum atomic E-state index is 13.1. The number of thioether (sulfide) groups is 1. The van der Waals surface area contributed by atoms with Gasteiger partial charge in [-0.05, 0) is 55.3 Å². The van der Waals surface area contributed by atoms with Crippen LogP contribution >= 0.6 is 11.8 Å². The lowest BCUT2D eigenvalue weighted by Crippen LogP contribution is -2.17. The van der Waals surface area contributed by atoms with Crippen LogP contribution in [0.4, 0.5) is 0 Å². The van der Waals surface area contributed by atoms with Crippen molar-refractivity contribution in [1.82, 2.24) is 9.55 Å². The average molecular weight is 448 g/mol. The minimum Gasteiger partial charge on any atom is -0.497 e. The number of ketones is 1. The van der Waals surface area contributed by atoms with Crippen molar-refractivity contribution in [1.29, 1.82) is 0 Å². The number of nitrogens with zero attached hydrogens (tertiary/aromatic N) is 2. The number of carbonyl (C=O) groups is 1. The van der Waals surface area contributed by atoms with Gasteiger partial charge in [-0.15, -0.1) is 0 Å². The Kier molecular flexibility index (Phi) is 6.84. The monoisotopic (exact) mass is 447 g/mol. The Balaban J connectivity index is 1.96. The molecule has 0 fully saturated rings. The first-order valence-electron chi connectivity index (χ1n) is 9.66. The van der Waals surface area contributed by atoms with Gasteiger partial charge in [-0.25, -0.2) is 18.5 Å². The summed E-state index contributed by atoms with van der Waals surface area (Å²) in [4.78, 5) is 17.7. The molecule has 0 saturated carbocycles. The molecular weight excluding hydrogens is 422 g/mol. The number of sulfonamides is 1. The fourth-order valence-corrected chi connectivity index (χ4v) is 4.85.